The van der Waals surface area contributed by atoms with E-state index in [-0.39, 0.29) is 5.63 Å². The lowest BCUT2D eigenvalue weighted by Gasteiger charge is -2.12. The molecule has 0 bridgehead atoms. The van der Waals surface area contributed by atoms with Gasteiger partial charge >= 0.3 is 5.63 Å². The average Bonchev–Trinajstić information content (AvgIpc) is 2.39. The Morgan fingerprint density at radius 3 is 3.00 bits per heavy atom. The molecule has 0 atom stereocenters. The summed E-state index contributed by atoms with van der Waals surface area (Å²) in [5.41, 5.74) is 4.06. The van der Waals surface area contributed by atoms with E-state index in [0.29, 0.717) is 26.9 Å². The lowest BCUT2D eigenvalue weighted by Crippen LogP contribution is -2.27. The molecule has 0 aliphatic carbocycles. The van der Waals surface area contributed by atoms with Crippen LogP contribution in [0.15, 0.2) is 44.6 Å². The first kappa shape index (κ1) is 11.4. The SMILES string of the molecule is O=c1oc2ccccc2cc1C1=NNC(=S)SC1. The van der Waals surface area contributed by atoms with Crippen LogP contribution in [0.4, 0.5) is 0 Å². The lowest BCUT2D eigenvalue weighted by atomic mass is 10.1. The molecule has 0 unspecified atom stereocenters. The zero-order chi connectivity index (χ0) is 12.5. The van der Waals surface area contributed by atoms with Gasteiger partial charge in [0, 0.05) is 11.1 Å². The van der Waals surface area contributed by atoms with Crippen molar-refractivity contribution in [2.45, 2.75) is 0 Å². The van der Waals surface area contributed by atoms with E-state index in [1.807, 2.05) is 18.2 Å². The number of thiocarbonyl (C=S) groups is 1. The van der Waals surface area contributed by atoms with Gasteiger partial charge < -0.3 is 4.42 Å². The van der Waals surface area contributed by atoms with Crippen LogP contribution in [-0.4, -0.2) is 15.8 Å². The smallest absolute Gasteiger partial charge is 0.345 e. The van der Waals surface area contributed by atoms with Gasteiger partial charge in [0.2, 0.25) is 0 Å². The van der Waals surface area contributed by atoms with Gasteiger partial charge in [0.15, 0.2) is 4.32 Å². The summed E-state index contributed by atoms with van der Waals surface area (Å²) in [6.45, 7) is 0. The summed E-state index contributed by atoms with van der Waals surface area (Å²) in [7, 11) is 0. The van der Waals surface area contributed by atoms with Crippen molar-refractivity contribution in [2.75, 3.05) is 5.75 Å². The minimum absolute atomic E-state index is 0.373. The fraction of sp³-hybridized carbons (Fsp3) is 0.0833. The number of fused-ring (bicyclic) bond motifs is 1. The molecule has 0 saturated carbocycles. The van der Waals surface area contributed by atoms with Crippen LogP contribution in [0.25, 0.3) is 11.0 Å². The highest BCUT2D eigenvalue weighted by Gasteiger charge is 2.16. The molecule has 0 amide bonds. The number of benzene rings is 1. The van der Waals surface area contributed by atoms with Crippen LogP contribution in [0.2, 0.25) is 0 Å². The standard InChI is InChI=1S/C12H8N2O2S2/c15-11-8(9-6-18-12(17)14-13-9)5-7-3-1-2-4-10(7)16-11/h1-5H,6H2,(H,14,17). The summed E-state index contributed by atoms with van der Waals surface area (Å²) in [5, 5.41) is 4.98. The maximum Gasteiger partial charge on any atom is 0.345 e. The molecular formula is C12H8N2O2S2. The molecule has 6 heteroatoms. The van der Waals surface area contributed by atoms with Crippen LogP contribution in [0.3, 0.4) is 0 Å². The van der Waals surface area contributed by atoms with Crippen LogP contribution in [0, 0.1) is 0 Å². The molecule has 2 aromatic rings. The minimum Gasteiger partial charge on any atom is -0.422 e. The second-order valence-corrected chi connectivity index (χ2v) is 5.38. The lowest BCUT2D eigenvalue weighted by molar-refractivity contribution is 0.559. The van der Waals surface area contributed by atoms with E-state index >= 15 is 0 Å². The Morgan fingerprint density at radius 1 is 1.39 bits per heavy atom. The molecule has 3 rings (SSSR count). The highest BCUT2D eigenvalue weighted by atomic mass is 32.2. The molecule has 1 aliphatic heterocycles. The van der Waals surface area contributed by atoms with Gasteiger partial charge in [0.25, 0.3) is 0 Å². The molecule has 1 N–H and O–H groups in total. The van der Waals surface area contributed by atoms with Crippen molar-refractivity contribution in [3.63, 3.8) is 0 Å². The van der Waals surface area contributed by atoms with Crippen molar-refractivity contribution >= 4 is 45.0 Å². The number of hydrazone groups is 1. The van der Waals surface area contributed by atoms with E-state index in [1.165, 1.54) is 11.8 Å². The van der Waals surface area contributed by atoms with Crippen LogP contribution in [0.5, 0.6) is 0 Å². The Morgan fingerprint density at radius 2 is 2.22 bits per heavy atom. The maximum absolute atomic E-state index is 11.9. The van der Waals surface area contributed by atoms with Gasteiger partial charge in [-0.1, -0.05) is 42.2 Å². The molecule has 4 nitrogen and oxygen atoms in total. The first-order valence-corrected chi connectivity index (χ1v) is 6.66. The zero-order valence-corrected chi connectivity index (χ0v) is 10.8. The Bertz CT molecular complexity index is 721. The van der Waals surface area contributed by atoms with Gasteiger partial charge in [-0.05, 0) is 12.1 Å². The highest BCUT2D eigenvalue weighted by Crippen LogP contribution is 2.16. The largest absolute Gasteiger partial charge is 0.422 e. The predicted octanol–water partition coefficient (Wildman–Crippen LogP) is 2.12. The number of hydrogen-bond acceptors (Lipinski definition) is 5. The molecule has 0 radical (unpaired) electrons. The van der Waals surface area contributed by atoms with Gasteiger partial charge in [0.05, 0.1) is 11.3 Å². The third-order valence-electron chi connectivity index (χ3n) is 2.57. The molecule has 1 aromatic heterocycles. The summed E-state index contributed by atoms with van der Waals surface area (Å²) < 4.78 is 5.88. The van der Waals surface area contributed by atoms with Crippen molar-refractivity contribution in [3.05, 3.63) is 46.3 Å². The number of nitrogens with one attached hydrogen (secondary N) is 1. The third kappa shape index (κ3) is 2.04. The first-order chi connectivity index (χ1) is 8.74. The van der Waals surface area contributed by atoms with Crippen molar-refractivity contribution in [2.24, 2.45) is 5.10 Å². The quantitative estimate of drug-likeness (QED) is 0.638. The Hall–Kier alpha value is -1.66. The topological polar surface area (TPSA) is 54.6 Å². The minimum atomic E-state index is -0.373. The maximum atomic E-state index is 11.9. The van der Waals surface area contributed by atoms with Gasteiger partial charge in [0.1, 0.15) is 5.58 Å². The molecule has 90 valence electrons. The fourth-order valence-corrected chi connectivity index (χ4v) is 2.53. The fourth-order valence-electron chi connectivity index (χ4n) is 1.71. The van der Waals surface area contributed by atoms with E-state index in [4.69, 9.17) is 16.6 Å². The van der Waals surface area contributed by atoms with E-state index in [2.05, 4.69) is 10.5 Å². The summed E-state index contributed by atoms with van der Waals surface area (Å²) in [6.07, 6.45) is 0. The Balaban J connectivity index is 2.15. The van der Waals surface area contributed by atoms with Crippen LogP contribution in [-0.2, 0) is 0 Å². The number of rotatable bonds is 1. The molecule has 2 heterocycles. The number of nitrogens with zero attached hydrogens (tertiary/aromatic N) is 1. The second kappa shape index (κ2) is 4.55. The monoisotopic (exact) mass is 276 g/mol. The number of para-hydroxylation sites is 1. The Kier molecular flexibility index (Phi) is 2.89. The third-order valence-corrected chi connectivity index (χ3v) is 3.79. The highest BCUT2D eigenvalue weighted by molar-refractivity contribution is 8.23. The molecular weight excluding hydrogens is 268 g/mol. The zero-order valence-electron chi connectivity index (χ0n) is 9.17. The number of thioether (sulfide) groups is 1. The van der Waals surface area contributed by atoms with E-state index < -0.39 is 0 Å². The molecule has 0 spiro atoms. The van der Waals surface area contributed by atoms with E-state index in [9.17, 15) is 4.79 Å². The summed E-state index contributed by atoms with van der Waals surface area (Å²) in [5.74, 6) is 0.578. The molecule has 1 aromatic carbocycles. The number of hydrogen-bond donors (Lipinski definition) is 1. The first-order valence-electron chi connectivity index (χ1n) is 5.26. The van der Waals surface area contributed by atoms with Crippen molar-refractivity contribution in [3.8, 4) is 0 Å². The van der Waals surface area contributed by atoms with E-state index in [1.54, 1.807) is 12.1 Å². The Labute approximate surface area is 112 Å². The summed E-state index contributed by atoms with van der Waals surface area (Å²) in [6, 6.07) is 9.20. The summed E-state index contributed by atoms with van der Waals surface area (Å²) in [4.78, 5) is 11.9. The van der Waals surface area contributed by atoms with Crippen molar-refractivity contribution < 1.29 is 4.42 Å². The molecule has 1 aliphatic rings. The van der Waals surface area contributed by atoms with Crippen LogP contribution < -0.4 is 11.1 Å². The molecule has 18 heavy (non-hydrogen) atoms. The van der Waals surface area contributed by atoms with Gasteiger partial charge in [-0.2, -0.15) is 5.10 Å². The van der Waals surface area contributed by atoms with E-state index in [0.717, 1.165) is 5.39 Å². The average molecular weight is 276 g/mol. The molecule has 0 saturated heterocycles. The van der Waals surface area contributed by atoms with Crippen LogP contribution >= 0.6 is 24.0 Å². The van der Waals surface area contributed by atoms with Gasteiger partial charge in [-0.25, -0.2) is 4.79 Å². The molecule has 0 fully saturated rings. The van der Waals surface area contributed by atoms with Gasteiger partial charge in [-0.3, -0.25) is 5.43 Å². The predicted molar refractivity (Wildman–Crippen MR) is 77.2 cm³/mol. The van der Waals surface area contributed by atoms with Crippen molar-refractivity contribution in [1.29, 1.82) is 0 Å². The second-order valence-electron chi connectivity index (χ2n) is 3.73. The van der Waals surface area contributed by atoms with Crippen LogP contribution in [0.1, 0.15) is 5.56 Å². The normalized spacial score (nSPS) is 15.3. The summed E-state index contributed by atoms with van der Waals surface area (Å²) >= 11 is 6.41. The van der Waals surface area contributed by atoms with Crippen molar-refractivity contribution in [1.82, 2.24) is 5.43 Å². The van der Waals surface area contributed by atoms with Gasteiger partial charge in [-0.15, -0.1) is 0 Å².